The maximum Gasteiger partial charge on any atom is 0.0597 e. The predicted molar refractivity (Wildman–Crippen MR) is 51.3 cm³/mol. The molecule has 0 bridgehead atoms. The molecule has 0 spiro atoms. The number of hydrogen-bond acceptors (Lipinski definition) is 2. The normalized spacial score (nSPS) is 20.8. The van der Waals surface area contributed by atoms with Crippen molar-refractivity contribution in [1.29, 1.82) is 0 Å². The first kappa shape index (κ1) is 11.9. The summed E-state index contributed by atoms with van der Waals surface area (Å²) in [6.45, 7) is 5.30. The van der Waals surface area contributed by atoms with Crippen molar-refractivity contribution in [2.75, 3.05) is 13.2 Å². The van der Waals surface area contributed by atoms with Crippen LogP contribution in [0.2, 0.25) is 0 Å². The van der Waals surface area contributed by atoms with Crippen molar-refractivity contribution in [2.45, 2.75) is 52.1 Å². The summed E-state index contributed by atoms with van der Waals surface area (Å²) in [4.78, 5) is 0. The Kier molecular flexibility index (Phi) is 8.95. The third-order valence-corrected chi connectivity index (χ3v) is 1.98. The summed E-state index contributed by atoms with van der Waals surface area (Å²) in [6, 6.07) is 0. The second-order valence-corrected chi connectivity index (χ2v) is 2.85. The highest BCUT2D eigenvalue weighted by molar-refractivity contribution is 4.65. The second-order valence-electron chi connectivity index (χ2n) is 2.85. The number of aliphatic hydroxyl groups excluding tert-OH is 1. The van der Waals surface area contributed by atoms with E-state index in [1.165, 1.54) is 19.3 Å². The van der Waals surface area contributed by atoms with Crippen LogP contribution in [0, 0.1) is 0 Å². The fraction of sp³-hybridized carbons (Fsp3) is 1.00. The second kappa shape index (κ2) is 9.01. The molecular formula is C10H22O2. The molecule has 1 heterocycles. The first-order chi connectivity index (χ1) is 5.93. The Bertz CT molecular complexity index is 79.9. The minimum absolute atomic E-state index is 0.339. The lowest BCUT2D eigenvalue weighted by Crippen LogP contribution is -2.26. The van der Waals surface area contributed by atoms with Crippen LogP contribution in [0.5, 0.6) is 0 Å². The predicted octanol–water partition coefficient (Wildman–Crippen LogP) is 2.35. The molecule has 1 unspecified atom stereocenters. The van der Waals surface area contributed by atoms with Crippen LogP contribution in [0.1, 0.15) is 46.0 Å². The Balaban J connectivity index is 0.000000561. The van der Waals surface area contributed by atoms with Gasteiger partial charge in [0.2, 0.25) is 0 Å². The molecule has 1 aliphatic rings. The fourth-order valence-electron chi connectivity index (χ4n) is 1.17. The van der Waals surface area contributed by atoms with Crippen molar-refractivity contribution in [2.24, 2.45) is 0 Å². The monoisotopic (exact) mass is 174 g/mol. The molecule has 2 nitrogen and oxygen atoms in total. The fourth-order valence-corrected chi connectivity index (χ4v) is 1.17. The Labute approximate surface area is 75.9 Å². The zero-order valence-electron chi connectivity index (χ0n) is 8.38. The van der Waals surface area contributed by atoms with E-state index in [4.69, 9.17) is 9.84 Å². The van der Waals surface area contributed by atoms with Gasteiger partial charge >= 0.3 is 0 Å². The smallest absolute Gasteiger partial charge is 0.0597 e. The standard InChI is InChI=1S/C8H16O2.C2H6/c9-6-3-1-2-4-8-5-7-10-8;1-2/h8-9H,1-7H2;1-2H3. The minimum atomic E-state index is 0.339. The van der Waals surface area contributed by atoms with Crippen molar-refractivity contribution in [1.82, 2.24) is 0 Å². The zero-order valence-corrected chi connectivity index (χ0v) is 8.38. The lowest BCUT2D eigenvalue weighted by atomic mass is 10.1. The van der Waals surface area contributed by atoms with Gasteiger partial charge in [-0.2, -0.15) is 0 Å². The zero-order chi connectivity index (χ0) is 9.23. The molecule has 12 heavy (non-hydrogen) atoms. The van der Waals surface area contributed by atoms with Gasteiger partial charge in [-0.05, 0) is 19.3 Å². The van der Waals surface area contributed by atoms with E-state index < -0.39 is 0 Å². The van der Waals surface area contributed by atoms with Gasteiger partial charge in [0, 0.05) is 13.2 Å². The largest absolute Gasteiger partial charge is 0.396 e. The minimum Gasteiger partial charge on any atom is -0.396 e. The van der Waals surface area contributed by atoms with Gasteiger partial charge < -0.3 is 9.84 Å². The number of aliphatic hydroxyl groups is 1. The number of unbranched alkanes of at least 4 members (excludes halogenated alkanes) is 2. The molecular weight excluding hydrogens is 152 g/mol. The average molecular weight is 174 g/mol. The average Bonchev–Trinajstić information content (AvgIpc) is 2.05. The van der Waals surface area contributed by atoms with Crippen LogP contribution >= 0.6 is 0 Å². The molecule has 0 aliphatic carbocycles. The van der Waals surface area contributed by atoms with Gasteiger partial charge in [0.05, 0.1) is 6.10 Å². The number of ether oxygens (including phenoxy) is 1. The van der Waals surface area contributed by atoms with Gasteiger partial charge in [0.1, 0.15) is 0 Å². The van der Waals surface area contributed by atoms with E-state index in [0.29, 0.717) is 12.7 Å². The highest BCUT2D eigenvalue weighted by Crippen LogP contribution is 2.17. The van der Waals surface area contributed by atoms with Crippen molar-refractivity contribution in [3.8, 4) is 0 Å². The van der Waals surface area contributed by atoms with Crippen LogP contribution < -0.4 is 0 Å². The third kappa shape index (κ3) is 5.56. The summed E-state index contributed by atoms with van der Waals surface area (Å²) in [5.74, 6) is 0. The van der Waals surface area contributed by atoms with Gasteiger partial charge in [-0.15, -0.1) is 0 Å². The Hall–Kier alpha value is -0.0800. The van der Waals surface area contributed by atoms with Crippen LogP contribution in [-0.4, -0.2) is 24.4 Å². The van der Waals surface area contributed by atoms with Crippen LogP contribution in [-0.2, 0) is 4.74 Å². The van der Waals surface area contributed by atoms with Gasteiger partial charge in [0.25, 0.3) is 0 Å². The Morgan fingerprint density at radius 2 is 1.92 bits per heavy atom. The lowest BCUT2D eigenvalue weighted by molar-refractivity contribution is -0.0556. The quantitative estimate of drug-likeness (QED) is 0.648. The van der Waals surface area contributed by atoms with Crippen LogP contribution in [0.15, 0.2) is 0 Å². The first-order valence-corrected chi connectivity index (χ1v) is 5.16. The molecule has 0 saturated carbocycles. The summed E-state index contributed by atoms with van der Waals surface area (Å²) in [6.07, 6.45) is 6.31. The molecule has 1 rings (SSSR count). The van der Waals surface area contributed by atoms with E-state index in [1.807, 2.05) is 13.8 Å². The molecule has 1 fully saturated rings. The van der Waals surface area contributed by atoms with Crippen molar-refractivity contribution in [3.05, 3.63) is 0 Å². The lowest BCUT2D eigenvalue weighted by Gasteiger charge is -2.26. The topological polar surface area (TPSA) is 29.5 Å². The third-order valence-electron chi connectivity index (χ3n) is 1.98. The van der Waals surface area contributed by atoms with E-state index in [0.717, 1.165) is 19.4 Å². The summed E-state index contributed by atoms with van der Waals surface area (Å²) >= 11 is 0. The highest BCUT2D eigenvalue weighted by Gasteiger charge is 2.16. The summed E-state index contributed by atoms with van der Waals surface area (Å²) in [5.41, 5.74) is 0. The van der Waals surface area contributed by atoms with Gasteiger partial charge in [-0.3, -0.25) is 0 Å². The van der Waals surface area contributed by atoms with Crippen LogP contribution in [0.25, 0.3) is 0 Å². The number of hydrogen-bond donors (Lipinski definition) is 1. The maximum absolute atomic E-state index is 8.47. The molecule has 1 atom stereocenters. The molecule has 1 aliphatic heterocycles. The van der Waals surface area contributed by atoms with E-state index in [9.17, 15) is 0 Å². The van der Waals surface area contributed by atoms with E-state index in [2.05, 4.69) is 0 Å². The summed E-state index contributed by atoms with van der Waals surface area (Å²) < 4.78 is 5.25. The van der Waals surface area contributed by atoms with Crippen molar-refractivity contribution in [3.63, 3.8) is 0 Å². The van der Waals surface area contributed by atoms with Gasteiger partial charge in [0.15, 0.2) is 0 Å². The van der Waals surface area contributed by atoms with E-state index in [1.54, 1.807) is 0 Å². The molecule has 2 heteroatoms. The molecule has 74 valence electrons. The molecule has 1 saturated heterocycles. The summed E-state index contributed by atoms with van der Waals surface area (Å²) in [5, 5.41) is 8.47. The molecule has 0 aromatic carbocycles. The van der Waals surface area contributed by atoms with E-state index >= 15 is 0 Å². The van der Waals surface area contributed by atoms with Gasteiger partial charge in [-0.25, -0.2) is 0 Å². The van der Waals surface area contributed by atoms with Crippen LogP contribution in [0.4, 0.5) is 0 Å². The van der Waals surface area contributed by atoms with Crippen LogP contribution in [0.3, 0.4) is 0 Å². The molecule has 1 N–H and O–H groups in total. The Morgan fingerprint density at radius 1 is 1.25 bits per heavy atom. The van der Waals surface area contributed by atoms with Crippen molar-refractivity contribution >= 4 is 0 Å². The van der Waals surface area contributed by atoms with Crippen molar-refractivity contribution < 1.29 is 9.84 Å². The molecule has 0 amide bonds. The molecule has 0 radical (unpaired) electrons. The highest BCUT2D eigenvalue weighted by atomic mass is 16.5. The first-order valence-electron chi connectivity index (χ1n) is 5.16. The maximum atomic E-state index is 8.47. The van der Waals surface area contributed by atoms with E-state index in [-0.39, 0.29) is 0 Å². The molecule has 0 aromatic heterocycles. The number of rotatable bonds is 5. The summed E-state index contributed by atoms with van der Waals surface area (Å²) in [7, 11) is 0. The van der Waals surface area contributed by atoms with Gasteiger partial charge in [-0.1, -0.05) is 26.7 Å². The SMILES string of the molecule is CC.OCCCCCC1CCO1. The molecule has 0 aromatic rings. The Morgan fingerprint density at radius 3 is 2.33 bits per heavy atom.